The van der Waals surface area contributed by atoms with Crippen LogP contribution in [0.25, 0.3) is 11.1 Å². The third-order valence-electron chi connectivity index (χ3n) is 6.22. The summed E-state index contributed by atoms with van der Waals surface area (Å²) in [5.74, 6) is 0. The highest BCUT2D eigenvalue weighted by Gasteiger charge is 2.26. The van der Waals surface area contributed by atoms with Crippen molar-refractivity contribution in [2.75, 3.05) is 26.2 Å². The third-order valence-corrected chi connectivity index (χ3v) is 8.14. The monoisotopic (exact) mass is 398 g/mol. The first-order valence-corrected chi connectivity index (χ1v) is 11.9. The van der Waals surface area contributed by atoms with Gasteiger partial charge >= 0.3 is 0 Å². The fourth-order valence-electron chi connectivity index (χ4n) is 4.36. The molecule has 5 heteroatoms. The molecule has 0 aliphatic carbocycles. The van der Waals surface area contributed by atoms with Crippen LogP contribution in [0.5, 0.6) is 0 Å². The Labute approximate surface area is 169 Å². The van der Waals surface area contributed by atoms with E-state index in [0.29, 0.717) is 18.0 Å². The van der Waals surface area contributed by atoms with Crippen molar-refractivity contribution >= 4 is 10.0 Å². The second-order valence-electron chi connectivity index (χ2n) is 8.11. The van der Waals surface area contributed by atoms with Gasteiger partial charge in [0.05, 0.1) is 4.90 Å². The smallest absolute Gasteiger partial charge is 0.243 e. The van der Waals surface area contributed by atoms with Gasteiger partial charge in [0.15, 0.2) is 0 Å². The zero-order chi connectivity index (χ0) is 19.6. The Bertz CT molecular complexity index is 885. The van der Waals surface area contributed by atoms with Gasteiger partial charge in [-0.1, -0.05) is 36.4 Å². The van der Waals surface area contributed by atoms with Gasteiger partial charge in [0.25, 0.3) is 0 Å². The summed E-state index contributed by atoms with van der Waals surface area (Å²) < 4.78 is 26.9. The van der Waals surface area contributed by atoms with E-state index >= 15 is 0 Å². The zero-order valence-electron chi connectivity index (χ0n) is 16.7. The second-order valence-corrected chi connectivity index (χ2v) is 10.0. The number of likely N-dealkylation sites (tertiary alicyclic amines) is 1. The molecule has 0 saturated carbocycles. The highest BCUT2D eigenvalue weighted by molar-refractivity contribution is 7.89. The van der Waals surface area contributed by atoms with E-state index in [4.69, 9.17) is 0 Å². The third kappa shape index (κ3) is 4.17. The van der Waals surface area contributed by atoms with Gasteiger partial charge < -0.3 is 4.90 Å². The van der Waals surface area contributed by atoms with Crippen LogP contribution in [0, 0.1) is 0 Å². The number of hydrogen-bond donors (Lipinski definition) is 0. The van der Waals surface area contributed by atoms with E-state index in [-0.39, 0.29) is 0 Å². The molecule has 0 N–H and O–H groups in total. The van der Waals surface area contributed by atoms with Gasteiger partial charge in [-0.2, -0.15) is 4.31 Å². The van der Waals surface area contributed by atoms with E-state index in [2.05, 4.69) is 36.1 Å². The van der Waals surface area contributed by atoms with Crippen LogP contribution < -0.4 is 0 Å². The van der Waals surface area contributed by atoms with Crippen LogP contribution in [0.2, 0.25) is 0 Å². The quantitative estimate of drug-likeness (QED) is 0.733. The number of rotatable bonds is 6. The maximum Gasteiger partial charge on any atom is 0.243 e. The molecular formula is C23H30N2O2S. The Hall–Kier alpha value is -1.69. The highest BCUT2D eigenvalue weighted by Crippen LogP contribution is 2.25. The first-order chi connectivity index (χ1) is 13.5. The van der Waals surface area contributed by atoms with E-state index in [1.807, 2.05) is 12.1 Å². The molecule has 2 fully saturated rings. The Morgan fingerprint density at radius 2 is 1.46 bits per heavy atom. The van der Waals surface area contributed by atoms with Crippen molar-refractivity contribution in [3.05, 3.63) is 54.1 Å². The molecule has 1 atom stereocenters. The van der Waals surface area contributed by atoms with Crippen molar-refractivity contribution in [2.45, 2.75) is 50.0 Å². The average Bonchev–Trinajstić information content (AvgIpc) is 3.39. The van der Waals surface area contributed by atoms with Crippen molar-refractivity contribution in [1.82, 2.24) is 9.21 Å². The summed E-state index contributed by atoms with van der Waals surface area (Å²) in [4.78, 5) is 2.97. The van der Waals surface area contributed by atoms with Gasteiger partial charge in [0, 0.05) is 25.7 Å². The van der Waals surface area contributed by atoms with Crippen LogP contribution in [0.3, 0.4) is 0 Å². The summed E-state index contributed by atoms with van der Waals surface area (Å²) >= 11 is 0. The fourth-order valence-corrected chi connectivity index (χ4v) is 5.88. The van der Waals surface area contributed by atoms with E-state index in [0.717, 1.165) is 43.0 Å². The van der Waals surface area contributed by atoms with Gasteiger partial charge in [-0.05, 0) is 74.4 Å². The van der Waals surface area contributed by atoms with Crippen molar-refractivity contribution in [1.29, 1.82) is 0 Å². The molecule has 0 bridgehead atoms. The lowest BCUT2D eigenvalue weighted by Crippen LogP contribution is -2.28. The topological polar surface area (TPSA) is 40.6 Å². The molecule has 150 valence electrons. The minimum Gasteiger partial charge on any atom is -0.300 e. The predicted molar refractivity (Wildman–Crippen MR) is 114 cm³/mol. The van der Waals surface area contributed by atoms with Gasteiger partial charge in [-0.3, -0.25) is 0 Å². The normalized spacial score (nSPS) is 21.4. The lowest BCUT2D eigenvalue weighted by Gasteiger charge is -2.20. The first-order valence-electron chi connectivity index (χ1n) is 10.5. The molecule has 0 aromatic heterocycles. The van der Waals surface area contributed by atoms with Gasteiger partial charge in [0.2, 0.25) is 10.0 Å². The van der Waals surface area contributed by atoms with Crippen LogP contribution in [0.4, 0.5) is 0 Å². The Morgan fingerprint density at radius 1 is 0.857 bits per heavy atom. The fraction of sp³-hybridized carbons (Fsp3) is 0.478. The minimum absolute atomic E-state index is 0.398. The maximum absolute atomic E-state index is 12.7. The minimum atomic E-state index is -3.34. The molecule has 0 radical (unpaired) electrons. The standard InChI is InChI=1S/C23H30N2O2S/c1-19-5-4-15-24(19)18-14-20-6-8-21(9-7-20)22-10-12-23(13-11-22)28(26,27)25-16-2-3-17-25/h6-13,19H,2-5,14-18H2,1H3/t19-/m1/s1. The SMILES string of the molecule is C[C@@H]1CCCN1CCc1ccc(-c2ccc(S(=O)(=O)N3CCCC3)cc2)cc1. The van der Waals surface area contributed by atoms with E-state index < -0.39 is 10.0 Å². The predicted octanol–water partition coefficient (Wildman–Crippen LogP) is 4.16. The highest BCUT2D eigenvalue weighted by atomic mass is 32.2. The van der Waals surface area contributed by atoms with Crippen LogP contribution in [-0.4, -0.2) is 49.8 Å². The van der Waals surface area contributed by atoms with E-state index in [1.165, 1.54) is 24.9 Å². The molecule has 2 aromatic rings. The Balaban J connectivity index is 1.41. The van der Waals surface area contributed by atoms with Crippen molar-refractivity contribution in [2.24, 2.45) is 0 Å². The Kier molecular flexibility index (Phi) is 5.85. The van der Waals surface area contributed by atoms with E-state index in [1.54, 1.807) is 16.4 Å². The van der Waals surface area contributed by atoms with Gasteiger partial charge in [-0.25, -0.2) is 8.42 Å². The number of sulfonamides is 1. The molecule has 2 aliphatic heterocycles. The molecule has 28 heavy (non-hydrogen) atoms. The molecule has 4 rings (SSSR count). The second kappa shape index (κ2) is 8.36. The van der Waals surface area contributed by atoms with Crippen molar-refractivity contribution in [3.8, 4) is 11.1 Å². The average molecular weight is 399 g/mol. The van der Waals surface area contributed by atoms with Crippen molar-refractivity contribution in [3.63, 3.8) is 0 Å². The molecule has 0 amide bonds. The summed E-state index contributed by atoms with van der Waals surface area (Å²) in [6.07, 6.45) is 5.64. The summed E-state index contributed by atoms with van der Waals surface area (Å²) in [6, 6.07) is 16.7. The summed E-state index contributed by atoms with van der Waals surface area (Å²) in [7, 11) is -3.34. The molecule has 2 aliphatic rings. The lowest BCUT2D eigenvalue weighted by molar-refractivity contribution is 0.272. The largest absolute Gasteiger partial charge is 0.300 e. The van der Waals surface area contributed by atoms with Crippen LogP contribution in [0.1, 0.15) is 38.2 Å². The van der Waals surface area contributed by atoms with Crippen LogP contribution >= 0.6 is 0 Å². The van der Waals surface area contributed by atoms with Gasteiger partial charge in [-0.15, -0.1) is 0 Å². The molecule has 2 heterocycles. The lowest BCUT2D eigenvalue weighted by atomic mass is 10.0. The molecule has 0 unspecified atom stereocenters. The molecule has 4 nitrogen and oxygen atoms in total. The number of nitrogens with zero attached hydrogens (tertiary/aromatic N) is 2. The van der Waals surface area contributed by atoms with Gasteiger partial charge in [0.1, 0.15) is 0 Å². The zero-order valence-corrected chi connectivity index (χ0v) is 17.5. The molecule has 2 aromatic carbocycles. The summed E-state index contributed by atoms with van der Waals surface area (Å²) in [6.45, 7) is 5.96. The molecule has 0 spiro atoms. The molecular weight excluding hydrogens is 368 g/mol. The number of benzene rings is 2. The van der Waals surface area contributed by atoms with Crippen molar-refractivity contribution < 1.29 is 8.42 Å². The maximum atomic E-state index is 12.7. The molecule has 2 saturated heterocycles. The summed E-state index contributed by atoms with van der Waals surface area (Å²) in [5.41, 5.74) is 3.54. The number of hydrogen-bond acceptors (Lipinski definition) is 3. The van der Waals surface area contributed by atoms with Crippen LogP contribution in [-0.2, 0) is 16.4 Å². The Morgan fingerprint density at radius 3 is 2.04 bits per heavy atom. The van der Waals surface area contributed by atoms with Crippen LogP contribution in [0.15, 0.2) is 53.4 Å². The summed E-state index contributed by atoms with van der Waals surface area (Å²) in [5, 5.41) is 0. The first kappa shape index (κ1) is 19.6. The van der Waals surface area contributed by atoms with E-state index in [9.17, 15) is 8.42 Å².